The number of hydrogen-bond acceptors (Lipinski definition) is 4. The molecule has 2 amide bonds. The van der Waals surface area contributed by atoms with E-state index in [0.717, 1.165) is 44.9 Å². The van der Waals surface area contributed by atoms with E-state index in [1.807, 2.05) is 0 Å². The molecule has 2 aliphatic carbocycles. The van der Waals surface area contributed by atoms with Crippen molar-refractivity contribution in [1.82, 2.24) is 5.32 Å². The van der Waals surface area contributed by atoms with Crippen molar-refractivity contribution >= 4 is 23.5 Å². The van der Waals surface area contributed by atoms with Gasteiger partial charge in [-0.1, -0.05) is 19.3 Å². The third-order valence-electron chi connectivity index (χ3n) is 5.30. The zero-order valence-corrected chi connectivity index (χ0v) is 15.2. The van der Waals surface area contributed by atoms with Crippen molar-refractivity contribution in [2.24, 2.45) is 5.41 Å². The maximum Gasteiger partial charge on any atom is 0.337 e. The third kappa shape index (κ3) is 4.42. The molecule has 2 aliphatic rings. The van der Waals surface area contributed by atoms with E-state index in [1.165, 1.54) is 7.11 Å². The number of benzene rings is 1. The first-order chi connectivity index (χ1) is 12.5. The zero-order valence-electron chi connectivity index (χ0n) is 15.2. The van der Waals surface area contributed by atoms with Crippen LogP contribution in [0.5, 0.6) is 0 Å². The summed E-state index contributed by atoms with van der Waals surface area (Å²) in [6.07, 6.45) is 6.82. The Hall–Kier alpha value is -2.37. The number of carbonyl (C=O) groups excluding carboxylic acids is 3. The smallest absolute Gasteiger partial charge is 0.337 e. The van der Waals surface area contributed by atoms with E-state index in [9.17, 15) is 14.4 Å². The van der Waals surface area contributed by atoms with Gasteiger partial charge in [0.1, 0.15) is 0 Å². The molecule has 0 unspecified atom stereocenters. The summed E-state index contributed by atoms with van der Waals surface area (Å²) < 4.78 is 4.68. The highest BCUT2D eigenvalue weighted by atomic mass is 16.5. The molecule has 3 rings (SSSR count). The molecule has 0 saturated heterocycles. The number of rotatable bonds is 6. The van der Waals surface area contributed by atoms with Gasteiger partial charge in [0.25, 0.3) is 0 Å². The Morgan fingerprint density at radius 3 is 2.31 bits per heavy atom. The van der Waals surface area contributed by atoms with E-state index < -0.39 is 11.4 Å². The third-order valence-corrected chi connectivity index (χ3v) is 5.30. The van der Waals surface area contributed by atoms with E-state index in [0.29, 0.717) is 17.3 Å². The first-order valence-corrected chi connectivity index (χ1v) is 9.32. The Morgan fingerprint density at radius 2 is 1.73 bits per heavy atom. The lowest BCUT2D eigenvalue weighted by molar-refractivity contribution is -0.134. The fourth-order valence-corrected chi connectivity index (χ4v) is 3.60. The number of amides is 2. The van der Waals surface area contributed by atoms with Gasteiger partial charge in [-0.25, -0.2) is 4.79 Å². The Balaban J connectivity index is 1.68. The molecular formula is C20H26N2O4. The molecule has 2 saturated carbocycles. The standard InChI is InChI=1S/C20H26N2O4/c1-26-18(24)14-5-7-16(8-6-14)22-19(25)20(11-3-2-4-12-20)13-17(23)21-15-9-10-15/h5-8,15H,2-4,9-13H2,1H3,(H,21,23)(H,22,25). The van der Waals surface area contributed by atoms with Crippen LogP contribution < -0.4 is 10.6 Å². The highest BCUT2D eigenvalue weighted by molar-refractivity contribution is 5.98. The average molecular weight is 358 g/mol. The van der Waals surface area contributed by atoms with Crippen LogP contribution in [0.3, 0.4) is 0 Å². The van der Waals surface area contributed by atoms with Crippen LogP contribution in [0.1, 0.15) is 61.7 Å². The van der Waals surface area contributed by atoms with Crippen molar-refractivity contribution in [3.05, 3.63) is 29.8 Å². The molecule has 0 aromatic heterocycles. The molecule has 140 valence electrons. The van der Waals surface area contributed by atoms with E-state index in [1.54, 1.807) is 24.3 Å². The van der Waals surface area contributed by atoms with Gasteiger partial charge < -0.3 is 15.4 Å². The molecule has 1 aromatic rings. The molecule has 2 N–H and O–H groups in total. The van der Waals surface area contributed by atoms with Crippen LogP contribution >= 0.6 is 0 Å². The number of ether oxygens (including phenoxy) is 1. The predicted octanol–water partition coefficient (Wildman–Crippen LogP) is 3.03. The second kappa shape index (κ2) is 7.89. The average Bonchev–Trinajstić information content (AvgIpc) is 3.46. The van der Waals surface area contributed by atoms with Gasteiger partial charge >= 0.3 is 5.97 Å². The SMILES string of the molecule is COC(=O)c1ccc(NC(=O)C2(CC(=O)NC3CC3)CCCCC2)cc1. The molecule has 0 radical (unpaired) electrons. The number of carbonyl (C=O) groups is 3. The van der Waals surface area contributed by atoms with Gasteiger partial charge in [0, 0.05) is 18.2 Å². The fourth-order valence-electron chi connectivity index (χ4n) is 3.60. The normalized spacial score (nSPS) is 18.7. The Kier molecular flexibility index (Phi) is 5.59. The van der Waals surface area contributed by atoms with Gasteiger partial charge in [-0.2, -0.15) is 0 Å². The molecule has 0 atom stereocenters. The van der Waals surface area contributed by atoms with Gasteiger partial charge in [-0.3, -0.25) is 9.59 Å². The summed E-state index contributed by atoms with van der Waals surface area (Å²) in [6.45, 7) is 0. The van der Waals surface area contributed by atoms with Crippen LogP contribution in [0.15, 0.2) is 24.3 Å². The van der Waals surface area contributed by atoms with Gasteiger partial charge in [-0.05, 0) is 49.9 Å². The lowest BCUT2D eigenvalue weighted by Gasteiger charge is -2.35. The molecule has 1 aromatic carbocycles. The number of esters is 1. The van der Waals surface area contributed by atoms with Crippen LogP contribution in [-0.2, 0) is 14.3 Å². The molecule has 2 fully saturated rings. The maximum atomic E-state index is 13.0. The minimum atomic E-state index is -0.641. The predicted molar refractivity (Wildman–Crippen MR) is 97.7 cm³/mol. The number of nitrogens with one attached hydrogen (secondary N) is 2. The lowest BCUT2D eigenvalue weighted by atomic mass is 9.70. The van der Waals surface area contributed by atoms with Crippen molar-refractivity contribution < 1.29 is 19.1 Å². The van der Waals surface area contributed by atoms with E-state index in [-0.39, 0.29) is 18.2 Å². The van der Waals surface area contributed by atoms with Gasteiger partial charge in [0.15, 0.2) is 0 Å². The first-order valence-electron chi connectivity index (χ1n) is 9.32. The van der Waals surface area contributed by atoms with Crippen molar-refractivity contribution in [3.8, 4) is 0 Å². The van der Waals surface area contributed by atoms with Crippen molar-refractivity contribution in [2.75, 3.05) is 12.4 Å². The van der Waals surface area contributed by atoms with E-state index in [4.69, 9.17) is 0 Å². The maximum absolute atomic E-state index is 13.0. The molecule has 6 heteroatoms. The van der Waals surface area contributed by atoms with E-state index >= 15 is 0 Å². The van der Waals surface area contributed by atoms with Crippen LogP contribution in [0, 0.1) is 5.41 Å². The van der Waals surface area contributed by atoms with Crippen LogP contribution in [0.4, 0.5) is 5.69 Å². The summed E-state index contributed by atoms with van der Waals surface area (Å²) in [5.74, 6) is -0.539. The summed E-state index contributed by atoms with van der Waals surface area (Å²) in [5, 5.41) is 5.94. The fraction of sp³-hybridized carbons (Fsp3) is 0.550. The largest absolute Gasteiger partial charge is 0.465 e. The Labute approximate surface area is 153 Å². The van der Waals surface area contributed by atoms with Gasteiger partial charge in [-0.15, -0.1) is 0 Å². The van der Waals surface area contributed by atoms with Crippen molar-refractivity contribution in [3.63, 3.8) is 0 Å². The summed E-state index contributed by atoms with van der Waals surface area (Å²) in [6, 6.07) is 6.91. The second-order valence-corrected chi connectivity index (χ2v) is 7.38. The molecular weight excluding hydrogens is 332 g/mol. The summed E-state index contributed by atoms with van der Waals surface area (Å²) in [4.78, 5) is 36.9. The van der Waals surface area contributed by atoms with Gasteiger partial charge in [0.2, 0.25) is 11.8 Å². The zero-order chi connectivity index (χ0) is 18.6. The minimum absolute atomic E-state index is 0.0226. The Morgan fingerprint density at radius 1 is 1.08 bits per heavy atom. The van der Waals surface area contributed by atoms with Crippen molar-refractivity contribution in [1.29, 1.82) is 0 Å². The summed E-state index contributed by atoms with van der Waals surface area (Å²) in [5.41, 5.74) is 0.412. The van der Waals surface area contributed by atoms with Crippen LogP contribution in [-0.4, -0.2) is 30.9 Å². The minimum Gasteiger partial charge on any atom is -0.465 e. The number of anilines is 1. The Bertz CT molecular complexity index is 674. The summed E-state index contributed by atoms with van der Waals surface area (Å²) in [7, 11) is 1.33. The number of hydrogen-bond donors (Lipinski definition) is 2. The molecule has 0 bridgehead atoms. The second-order valence-electron chi connectivity index (χ2n) is 7.38. The lowest BCUT2D eigenvalue weighted by Crippen LogP contribution is -2.42. The van der Waals surface area contributed by atoms with E-state index in [2.05, 4.69) is 15.4 Å². The van der Waals surface area contributed by atoms with Crippen molar-refractivity contribution in [2.45, 2.75) is 57.4 Å². The molecule has 26 heavy (non-hydrogen) atoms. The molecule has 0 aliphatic heterocycles. The number of methoxy groups -OCH3 is 1. The topological polar surface area (TPSA) is 84.5 Å². The quantitative estimate of drug-likeness (QED) is 0.766. The molecule has 0 heterocycles. The van der Waals surface area contributed by atoms with Crippen LogP contribution in [0.25, 0.3) is 0 Å². The van der Waals surface area contributed by atoms with Crippen LogP contribution in [0.2, 0.25) is 0 Å². The first kappa shape index (κ1) is 18.4. The highest BCUT2D eigenvalue weighted by Crippen LogP contribution is 2.40. The highest BCUT2D eigenvalue weighted by Gasteiger charge is 2.42. The van der Waals surface area contributed by atoms with Gasteiger partial charge in [0.05, 0.1) is 18.1 Å². The molecule has 6 nitrogen and oxygen atoms in total. The molecule has 0 spiro atoms. The monoisotopic (exact) mass is 358 g/mol. The summed E-state index contributed by atoms with van der Waals surface area (Å²) >= 11 is 0.